The minimum absolute atomic E-state index is 0.113. The summed E-state index contributed by atoms with van der Waals surface area (Å²) in [6.07, 6.45) is -4.27. The minimum atomic E-state index is -4.27. The zero-order chi connectivity index (χ0) is 13.9. The van der Waals surface area contributed by atoms with Crippen molar-refractivity contribution in [3.8, 4) is 0 Å². The maximum atomic E-state index is 12.7. The number of nitrogens with zero attached hydrogens (tertiary/aromatic N) is 1. The van der Waals surface area contributed by atoms with Gasteiger partial charge >= 0.3 is 6.18 Å². The molecule has 0 radical (unpaired) electrons. The number of halogens is 3. The minimum Gasteiger partial charge on any atom is -0.309 e. The van der Waals surface area contributed by atoms with E-state index in [2.05, 4.69) is 0 Å². The summed E-state index contributed by atoms with van der Waals surface area (Å²) in [5.41, 5.74) is 0.193. The molecule has 1 nitrogen and oxygen atoms in total. The van der Waals surface area contributed by atoms with Gasteiger partial charge in [0.15, 0.2) is 0 Å². The SMILES string of the molecule is CC(C)[C@@H](CN(C)C)c1cccc(C(F)(F)F)c1. The second kappa shape index (κ2) is 5.74. The van der Waals surface area contributed by atoms with Gasteiger partial charge in [0, 0.05) is 6.54 Å². The Balaban J connectivity index is 3.06. The number of alkyl halides is 3. The molecule has 0 fully saturated rings. The topological polar surface area (TPSA) is 3.24 Å². The third-order valence-corrected chi connectivity index (χ3v) is 3.01. The van der Waals surface area contributed by atoms with Crippen LogP contribution in [0.15, 0.2) is 24.3 Å². The molecule has 0 spiro atoms. The van der Waals surface area contributed by atoms with Crippen LogP contribution in [0.1, 0.15) is 30.9 Å². The summed E-state index contributed by atoms with van der Waals surface area (Å²) in [7, 11) is 3.87. The molecule has 0 aromatic heterocycles. The zero-order valence-corrected chi connectivity index (χ0v) is 11.3. The quantitative estimate of drug-likeness (QED) is 0.789. The highest BCUT2D eigenvalue weighted by atomic mass is 19.4. The van der Waals surface area contributed by atoms with Crippen molar-refractivity contribution >= 4 is 0 Å². The molecular formula is C14H20F3N. The number of benzene rings is 1. The standard InChI is InChI=1S/C14H20F3N/c1-10(2)13(9-18(3)4)11-6-5-7-12(8-11)14(15,16)17/h5-8,10,13H,9H2,1-4H3/t13-/m1/s1. The Morgan fingerprint density at radius 2 is 1.78 bits per heavy atom. The molecule has 4 heteroatoms. The molecule has 1 aromatic rings. The van der Waals surface area contributed by atoms with E-state index in [0.29, 0.717) is 5.92 Å². The first-order valence-electron chi connectivity index (χ1n) is 6.03. The van der Waals surface area contributed by atoms with Crippen LogP contribution in [0.25, 0.3) is 0 Å². The van der Waals surface area contributed by atoms with Crippen molar-refractivity contribution in [1.82, 2.24) is 4.90 Å². The number of rotatable bonds is 4. The van der Waals surface area contributed by atoms with E-state index in [1.165, 1.54) is 12.1 Å². The molecule has 0 amide bonds. The first kappa shape index (κ1) is 15.0. The van der Waals surface area contributed by atoms with Gasteiger partial charge in [-0.05, 0) is 37.6 Å². The molecule has 0 unspecified atom stereocenters. The van der Waals surface area contributed by atoms with E-state index in [1.807, 2.05) is 32.8 Å². The molecule has 1 aromatic carbocycles. The van der Waals surface area contributed by atoms with Crippen molar-refractivity contribution in [3.05, 3.63) is 35.4 Å². The second-order valence-electron chi connectivity index (χ2n) is 5.24. The summed E-state index contributed by atoms with van der Waals surface area (Å²) < 4.78 is 38.1. The number of likely N-dealkylation sites (N-methyl/N-ethyl adjacent to an activating group) is 1. The van der Waals surface area contributed by atoms with Gasteiger partial charge in [0.2, 0.25) is 0 Å². The number of hydrogen-bond donors (Lipinski definition) is 0. The number of hydrogen-bond acceptors (Lipinski definition) is 1. The molecule has 0 saturated carbocycles. The van der Waals surface area contributed by atoms with Crippen molar-refractivity contribution in [3.63, 3.8) is 0 Å². The Morgan fingerprint density at radius 3 is 2.22 bits per heavy atom. The molecule has 1 rings (SSSR count). The fourth-order valence-corrected chi connectivity index (χ4v) is 2.04. The molecule has 102 valence electrons. The summed E-state index contributed by atoms with van der Waals surface area (Å²) in [5, 5.41) is 0. The summed E-state index contributed by atoms with van der Waals surface area (Å²) in [6.45, 7) is 4.82. The van der Waals surface area contributed by atoms with Gasteiger partial charge in [-0.25, -0.2) is 0 Å². The van der Waals surface area contributed by atoms with E-state index in [-0.39, 0.29) is 5.92 Å². The van der Waals surface area contributed by atoms with Gasteiger partial charge in [0.05, 0.1) is 5.56 Å². The Bertz CT molecular complexity index is 383. The lowest BCUT2D eigenvalue weighted by Crippen LogP contribution is -2.24. The van der Waals surface area contributed by atoms with Gasteiger partial charge in [-0.15, -0.1) is 0 Å². The largest absolute Gasteiger partial charge is 0.416 e. The van der Waals surface area contributed by atoms with Crippen molar-refractivity contribution in [2.24, 2.45) is 5.92 Å². The van der Waals surface area contributed by atoms with Crippen LogP contribution >= 0.6 is 0 Å². The van der Waals surface area contributed by atoms with Crippen LogP contribution in [0.3, 0.4) is 0 Å². The summed E-state index contributed by atoms with van der Waals surface area (Å²) in [5.74, 6) is 0.415. The van der Waals surface area contributed by atoms with Gasteiger partial charge < -0.3 is 4.90 Å². The lowest BCUT2D eigenvalue weighted by Gasteiger charge is -2.25. The van der Waals surface area contributed by atoms with Gasteiger partial charge in [0.1, 0.15) is 0 Å². The fraction of sp³-hybridized carbons (Fsp3) is 0.571. The van der Waals surface area contributed by atoms with Crippen molar-refractivity contribution in [2.75, 3.05) is 20.6 Å². The van der Waals surface area contributed by atoms with Crippen LogP contribution in [-0.4, -0.2) is 25.5 Å². The normalized spacial score (nSPS) is 14.3. The van der Waals surface area contributed by atoms with Crippen molar-refractivity contribution in [2.45, 2.75) is 25.9 Å². The summed E-state index contributed by atoms with van der Waals surface area (Å²) >= 11 is 0. The van der Waals surface area contributed by atoms with E-state index in [1.54, 1.807) is 6.07 Å². The monoisotopic (exact) mass is 259 g/mol. The smallest absolute Gasteiger partial charge is 0.309 e. The highest BCUT2D eigenvalue weighted by Crippen LogP contribution is 2.33. The average molecular weight is 259 g/mol. The molecule has 0 aliphatic rings. The fourth-order valence-electron chi connectivity index (χ4n) is 2.04. The van der Waals surface area contributed by atoms with E-state index in [9.17, 15) is 13.2 Å². The van der Waals surface area contributed by atoms with E-state index >= 15 is 0 Å². The Labute approximate surface area is 107 Å². The molecule has 1 atom stereocenters. The van der Waals surface area contributed by atoms with Crippen LogP contribution in [0.4, 0.5) is 13.2 Å². The van der Waals surface area contributed by atoms with Crippen LogP contribution in [-0.2, 0) is 6.18 Å². The van der Waals surface area contributed by atoms with Crippen LogP contribution in [0.2, 0.25) is 0 Å². The highest BCUT2D eigenvalue weighted by Gasteiger charge is 2.31. The predicted octanol–water partition coefficient (Wildman–Crippen LogP) is 4.01. The Hall–Kier alpha value is -1.03. The maximum Gasteiger partial charge on any atom is 0.416 e. The Kier molecular flexibility index (Phi) is 4.79. The van der Waals surface area contributed by atoms with Crippen molar-refractivity contribution in [1.29, 1.82) is 0 Å². The molecule has 0 saturated heterocycles. The molecular weight excluding hydrogens is 239 g/mol. The van der Waals surface area contributed by atoms with Gasteiger partial charge in [-0.2, -0.15) is 13.2 Å². The first-order valence-corrected chi connectivity index (χ1v) is 6.03. The van der Waals surface area contributed by atoms with Crippen LogP contribution in [0, 0.1) is 5.92 Å². The van der Waals surface area contributed by atoms with Gasteiger partial charge in [0.25, 0.3) is 0 Å². The zero-order valence-electron chi connectivity index (χ0n) is 11.3. The third kappa shape index (κ3) is 4.02. The average Bonchev–Trinajstić information content (AvgIpc) is 2.24. The molecule has 0 aliphatic carbocycles. The molecule has 0 heterocycles. The van der Waals surface area contributed by atoms with Gasteiger partial charge in [-0.3, -0.25) is 0 Å². The first-order chi connectivity index (χ1) is 8.21. The van der Waals surface area contributed by atoms with Gasteiger partial charge in [-0.1, -0.05) is 32.0 Å². The summed E-state index contributed by atoms with van der Waals surface area (Å²) in [6, 6.07) is 5.66. The molecule has 0 N–H and O–H groups in total. The maximum absolute atomic E-state index is 12.7. The van der Waals surface area contributed by atoms with Crippen LogP contribution in [0.5, 0.6) is 0 Å². The molecule has 0 bridgehead atoms. The van der Waals surface area contributed by atoms with E-state index < -0.39 is 11.7 Å². The molecule has 18 heavy (non-hydrogen) atoms. The highest BCUT2D eigenvalue weighted by molar-refractivity contribution is 5.29. The molecule has 0 aliphatic heterocycles. The summed E-state index contributed by atoms with van der Waals surface area (Å²) in [4.78, 5) is 2.00. The van der Waals surface area contributed by atoms with Crippen molar-refractivity contribution < 1.29 is 13.2 Å². The predicted molar refractivity (Wildman–Crippen MR) is 67.6 cm³/mol. The van der Waals surface area contributed by atoms with E-state index in [4.69, 9.17) is 0 Å². The lowest BCUT2D eigenvalue weighted by molar-refractivity contribution is -0.137. The lowest BCUT2D eigenvalue weighted by atomic mass is 9.87. The second-order valence-corrected chi connectivity index (χ2v) is 5.24. The third-order valence-electron chi connectivity index (χ3n) is 3.01. The van der Waals surface area contributed by atoms with Crippen LogP contribution < -0.4 is 0 Å². The van der Waals surface area contributed by atoms with E-state index in [0.717, 1.165) is 18.2 Å². The Morgan fingerprint density at radius 1 is 1.17 bits per heavy atom.